The fraction of sp³-hybridized carbons (Fsp3) is 0.696. The van der Waals surface area contributed by atoms with Gasteiger partial charge >= 0.3 is 0 Å². The molecule has 0 spiro atoms. The standard InChI is InChI=1S/C23H39N3O2/c1-4-22(5-2,12-15-27)18-25-21(24-6-3)26-19-23(13-16-28-17-14-23)20-10-8-7-9-11-20/h7-11,27H,4-6,12-19H2,1-3H3,(H2,24,25,26). The first-order valence-corrected chi connectivity index (χ1v) is 10.9. The van der Waals surface area contributed by atoms with E-state index < -0.39 is 0 Å². The van der Waals surface area contributed by atoms with Gasteiger partial charge in [-0.1, -0.05) is 44.2 Å². The minimum atomic E-state index is 0.0763. The van der Waals surface area contributed by atoms with Gasteiger partial charge in [-0.05, 0) is 50.0 Å². The van der Waals surface area contributed by atoms with Gasteiger partial charge in [-0.2, -0.15) is 0 Å². The van der Waals surface area contributed by atoms with Crippen LogP contribution >= 0.6 is 0 Å². The lowest BCUT2D eigenvalue weighted by Gasteiger charge is -2.38. The van der Waals surface area contributed by atoms with Gasteiger partial charge in [0.1, 0.15) is 0 Å². The highest BCUT2D eigenvalue weighted by Gasteiger charge is 2.34. The van der Waals surface area contributed by atoms with Crippen LogP contribution < -0.4 is 10.6 Å². The second kappa shape index (κ2) is 11.4. The van der Waals surface area contributed by atoms with Gasteiger partial charge in [-0.15, -0.1) is 0 Å². The number of benzene rings is 1. The lowest BCUT2D eigenvalue weighted by atomic mass is 9.74. The molecule has 0 bridgehead atoms. The van der Waals surface area contributed by atoms with Crippen LogP contribution in [0.15, 0.2) is 35.3 Å². The molecule has 1 fully saturated rings. The minimum absolute atomic E-state index is 0.0763. The number of rotatable bonds is 10. The molecule has 3 N–H and O–H groups in total. The fourth-order valence-electron chi connectivity index (χ4n) is 4.11. The van der Waals surface area contributed by atoms with E-state index in [-0.39, 0.29) is 17.4 Å². The van der Waals surface area contributed by atoms with E-state index in [1.165, 1.54) is 5.56 Å². The average molecular weight is 390 g/mol. The highest BCUT2D eigenvalue weighted by atomic mass is 16.5. The Morgan fingerprint density at radius 1 is 1.11 bits per heavy atom. The summed E-state index contributed by atoms with van der Waals surface area (Å²) in [6.45, 7) is 10.7. The van der Waals surface area contributed by atoms with E-state index in [1.807, 2.05) is 0 Å². The Morgan fingerprint density at radius 2 is 1.79 bits per heavy atom. The molecule has 1 aromatic rings. The molecule has 1 aliphatic rings. The van der Waals surface area contributed by atoms with Gasteiger partial charge in [0.25, 0.3) is 0 Å². The van der Waals surface area contributed by atoms with Crippen LogP contribution in [0.25, 0.3) is 0 Å². The summed E-state index contributed by atoms with van der Waals surface area (Å²) >= 11 is 0. The molecule has 0 aliphatic carbocycles. The maximum Gasteiger partial charge on any atom is 0.191 e. The van der Waals surface area contributed by atoms with Gasteiger partial charge < -0.3 is 20.5 Å². The van der Waals surface area contributed by atoms with E-state index in [9.17, 15) is 5.11 Å². The molecule has 0 atom stereocenters. The number of aliphatic hydroxyl groups excluding tert-OH is 1. The van der Waals surface area contributed by atoms with Crippen LogP contribution in [0.4, 0.5) is 0 Å². The summed E-state index contributed by atoms with van der Waals surface area (Å²) in [5.74, 6) is 0.869. The summed E-state index contributed by atoms with van der Waals surface area (Å²) in [6.07, 6.45) is 4.88. The molecular weight excluding hydrogens is 350 g/mol. The molecule has 1 aliphatic heterocycles. The monoisotopic (exact) mass is 389 g/mol. The summed E-state index contributed by atoms with van der Waals surface area (Å²) in [5, 5.41) is 16.5. The first-order valence-electron chi connectivity index (χ1n) is 10.9. The highest BCUT2D eigenvalue weighted by molar-refractivity contribution is 5.79. The first kappa shape index (κ1) is 22.7. The number of aliphatic hydroxyl groups is 1. The predicted octanol–water partition coefficient (Wildman–Crippen LogP) is 3.48. The van der Waals surface area contributed by atoms with Crippen molar-refractivity contribution in [3.05, 3.63) is 35.9 Å². The summed E-state index contributed by atoms with van der Waals surface area (Å²) in [5.41, 5.74) is 1.53. The Hall–Kier alpha value is -1.59. The maximum absolute atomic E-state index is 9.47. The second-order valence-corrected chi connectivity index (χ2v) is 7.99. The maximum atomic E-state index is 9.47. The van der Waals surface area contributed by atoms with Crippen molar-refractivity contribution in [2.75, 3.05) is 39.5 Å². The zero-order valence-electron chi connectivity index (χ0n) is 18.0. The third-order valence-corrected chi connectivity index (χ3v) is 6.49. The summed E-state index contributed by atoms with van der Waals surface area (Å²) in [7, 11) is 0. The number of ether oxygens (including phenoxy) is 1. The average Bonchev–Trinajstić information content (AvgIpc) is 2.76. The number of hydrogen-bond donors (Lipinski definition) is 3. The first-order chi connectivity index (χ1) is 13.6. The van der Waals surface area contributed by atoms with Crippen LogP contribution in [-0.2, 0) is 10.2 Å². The zero-order chi connectivity index (χ0) is 20.3. The predicted molar refractivity (Wildman–Crippen MR) is 117 cm³/mol. The number of nitrogens with one attached hydrogen (secondary N) is 2. The topological polar surface area (TPSA) is 65.9 Å². The quantitative estimate of drug-likeness (QED) is 0.423. The van der Waals surface area contributed by atoms with Gasteiger partial charge in [0.2, 0.25) is 0 Å². The molecule has 1 heterocycles. The van der Waals surface area contributed by atoms with Crippen LogP contribution in [0.1, 0.15) is 58.4 Å². The van der Waals surface area contributed by atoms with Gasteiger partial charge in [0, 0.05) is 44.9 Å². The lowest BCUT2D eigenvalue weighted by Crippen LogP contribution is -2.48. The normalized spacial score (nSPS) is 17.4. The van der Waals surface area contributed by atoms with E-state index in [0.717, 1.165) is 70.9 Å². The summed E-state index contributed by atoms with van der Waals surface area (Å²) in [6, 6.07) is 10.8. The van der Waals surface area contributed by atoms with Gasteiger partial charge in [-0.25, -0.2) is 0 Å². The molecule has 28 heavy (non-hydrogen) atoms. The van der Waals surface area contributed by atoms with Gasteiger partial charge in [-0.3, -0.25) is 4.99 Å². The SMILES string of the molecule is CCNC(=NCC(CC)(CC)CCO)NCC1(c2ccccc2)CCOCC1. The summed E-state index contributed by atoms with van der Waals surface area (Å²) < 4.78 is 5.65. The number of nitrogens with zero attached hydrogens (tertiary/aromatic N) is 1. The van der Waals surface area contributed by atoms with Crippen LogP contribution in [0.2, 0.25) is 0 Å². The summed E-state index contributed by atoms with van der Waals surface area (Å²) in [4.78, 5) is 4.91. The molecule has 2 rings (SSSR count). The van der Waals surface area contributed by atoms with Crippen molar-refractivity contribution in [1.29, 1.82) is 0 Å². The Balaban J connectivity index is 2.13. The smallest absolute Gasteiger partial charge is 0.191 e. The number of aliphatic imine (C=N–C) groups is 1. The van der Waals surface area contributed by atoms with Crippen molar-refractivity contribution < 1.29 is 9.84 Å². The molecule has 158 valence electrons. The van der Waals surface area contributed by atoms with E-state index in [4.69, 9.17) is 9.73 Å². The van der Waals surface area contributed by atoms with Gasteiger partial charge in [0.15, 0.2) is 5.96 Å². The van der Waals surface area contributed by atoms with Crippen LogP contribution in [0.3, 0.4) is 0 Å². The molecule has 0 saturated carbocycles. The molecule has 1 saturated heterocycles. The van der Waals surface area contributed by atoms with Crippen molar-refractivity contribution in [3.63, 3.8) is 0 Å². The molecule has 5 nitrogen and oxygen atoms in total. The highest BCUT2D eigenvalue weighted by Crippen LogP contribution is 2.34. The largest absolute Gasteiger partial charge is 0.396 e. The van der Waals surface area contributed by atoms with Crippen LogP contribution in [0.5, 0.6) is 0 Å². The van der Waals surface area contributed by atoms with Crippen LogP contribution in [-0.4, -0.2) is 50.5 Å². The van der Waals surface area contributed by atoms with Crippen molar-refractivity contribution in [1.82, 2.24) is 10.6 Å². The van der Waals surface area contributed by atoms with Crippen LogP contribution in [0, 0.1) is 5.41 Å². The third-order valence-electron chi connectivity index (χ3n) is 6.49. The molecule has 1 aromatic carbocycles. The Morgan fingerprint density at radius 3 is 2.36 bits per heavy atom. The van der Waals surface area contributed by atoms with E-state index in [2.05, 4.69) is 61.7 Å². The minimum Gasteiger partial charge on any atom is -0.396 e. The lowest BCUT2D eigenvalue weighted by molar-refractivity contribution is 0.0513. The molecule has 0 radical (unpaired) electrons. The Kier molecular flexibility index (Phi) is 9.26. The Labute approximate surface area is 171 Å². The van der Waals surface area contributed by atoms with E-state index in [0.29, 0.717) is 0 Å². The second-order valence-electron chi connectivity index (χ2n) is 7.99. The fourth-order valence-corrected chi connectivity index (χ4v) is 4.11. The van der Waals surface area contributed by atoms with E-state index in [1.54, 1.807) is 0 Å². The third kappa shape index (κ3) is 5.95. The van der Waals surface area contributed by atoms with Crippen molar-refractivity contribution in [3.8, 4) is 0 Å². The van der Waals surface area contributed by atoms with Gasteiger partial charge in [0.05, 0.1) is 0 Å². The van der Waals surface area contributed by atoms with E-state index >= 15 is 0 Å². The molecule has 0 aromatic heterocycles. The molecule has 5 heteroatoms. The molecular formula is C23H39N3O2. The zero-order valence-corrected chi connectivity index (χ0v) is 18.0. The van der Waals surface area contributed by atoms with Crippen molar-refractivity contribution in [2.45, 2.75) is 58.3 Å². The number of guanidine groups is 1. The van der Waals surface area contributed by atoms with Crippen molar-refractivity contribution >= 4 is 5.96 Å². The molecule has 0 unspecified atom stereocenters. The van der Waals surface area contributed by atoms with Crippen molar-refractivity contribution in [2.24, 2.45) is 10.4 Å². The number of hydrogen-bond acceptors (Lipinski definition) is 3. The Bertz CT molecular complexity index is 579. The molecule has 0 amide bonds.